The Morgan fingerprint density at radius 1 is 1.50 bits per heavy atom. The number of aromatic nitrogens is 2. The second-order valence-electron chi connectivity index (χ2n) is 5.27. The standard InChI is InChI=1S/C13H21N5O2/c1-3-7-14-13-15-8-11(18(19)20)12(17-13)16-10-6-4-5-9(10)2/h8-10H,3-7H2,1-2H3,(H2,14,15,16,17). The average Bonchev–Trinajstić information content (AvgIpc) is 2.82. The highest BCUT2D eigenvalue weighted by molar-refractivity contribution is 5.57. The van der Waals surface area contributed by atoms with Gasteiger partial charge in [0.25, 0.3) is 0 Å². The van der Waals surface area contributed by atoms with Gasteiger partial charge in [-0.25, -0.2) is 4.98 Å². The van der Waals surface area contributed by atoms with E-state index < -0.39 is 4.92 Å². The number of nitro groups is 1. The lowest BCUT2D eigenvalue weighted by Crippen LogP contribution is -2.23. The van der Waals surface area contributed by atoms with E-state index >= 15 is 0 Å². The third-order valence-corrected chi connectivity index (χ3v) is 3.68. The first-order chi connectivity index (χ1) is 9.61. The highest BCUT2D eigenvalue weighted by Gasteiger charge is 2.27. The van der Waals surface area contributed by atoms with Crippen molar-refractivity contribution in [2.75, 3.05) is 17.2 Å². The Labute approximate surface area is 118 Å². The van der Waals surface area contributed by atoms with E-state index in [1.54, 1.807) is 0 Å². The number of hydrogen-bond donors (Lipinski definition) is 2. The largest absolute Gasteiger partial charge is 0.361 e. The van der Waals surface area contributed by atoms with Gasteiger partial charge in [-0.2, -0.15) is 4.98 Å². The van der Waals surface area contributed by atoms with Crippen LogP contribution in [0.15, 0.2) is 6.20 Å². The van der Waals surface area contributed by atoms with Crippen molar-refractivity contribution in [2.24, 2.45) is 5.92 Å². The van der Waals surface area contributed by atoms with Gasteiger partial charge in [0, 0.05) is 12.6 Å². The highest BCUT2D eigenvalue weighted by Crippen LogP contribution is 2.30. The third-order valence-electron chi connectivity index (χ3n) is 3.68. The van der Waals surface area contributed by atoms with Crippen LogP contribution < -0.4 is 10.6 Å². The van der Waals surface area contributed by atoms with Crippen molar-refractivity contribution in [3.05, 3.63) is 16.3 Å². The lowest BCUT2D eigenvalue weighted by atomic mass is 10.1. The summed E-state index contributed by atoms with van der Waals surface area (Å²) >= 11 is 0. The maximum Gasteiger partial charge on any atom is 0.329 e. The Balaban J connectivity index is 2.19. The van der Waals surface area contributed by atoms with E-state index in [1.165, 1.54) is 6.20 Å². The third kappa shape index (κ3) is 3.34. The molecule has 2 N–H and O–H groups in total. The first kappa shape index (κ1) is 14.5. The zero-order chi connectivity index (χ0) is 14.5. The molecule has 110 valence electrons. The molecule has 0 bridgehead atoms. The predicted molar refractivity (Wildman–Crippen MR) is 77.9 cm³/mol. The normalized spacial score (nSPS) is 21.7. The summed E-state index contributed by atoms with van der Waals surface area (Å²) in [6.45, 7) is 4.95. The van der Waals surface area contributed by atoms with Crippen LogP contribution in [0.25, 0.3) is 0 Å². The summed E-state index contributed by atoms with van der Waals surface area (Å²) in [7, 11) is 0. The second-order valence-corrected chi connectivity index (χ2v) is 5.27. The van der Waals surface area contributed by atoms with Gasteiger partial charge in [0.15, 0.2) is 0 Å². The van der Waals surface area contributed by atoms with Gasteiger partial charge in [0.2, 0.25) is 11.8 Å². The van der Waals surface area contributed by atoms with Gasteiger partial charge < -0.3 is 10.6 Å². The molecular formula is C13H21N5O2. The molecule has 7 nitrogen and oxygen atoms in total. The van der Waals surface area contributed by atoms with Gasteiger partial charge in [-0.15, -0.1) is 0 Å². The monoisotopic (exact) mass is 279 g/mol. The maximum atomic E-state index is 11.1. The summed E-state index contributed by atoms with van der Waals surface area (Å²) in [5.74, 6) is 1.27. The fraction of sp³-hybridized carbons (Fsp3) is 0.692. The van der Waals surface area contributed by atoms with Crippen LogP contribution in [-0.2, 0) is 0 Å². The molecule has 1 heterocycles. The highest BCUT2D eigenvalue weighted by atomic mass is 16.6. The molecule has 2 unspecified atom stereocenters. The molecule has 2 rings (SSSR count). The van der Waals surface area contributed by atoms with Crippen molar-refractivity contribution in [2.45, 2.75) is 45.6 Å². The summed E-state index contributed by atoms with van der Waals surface area (Å²) in [5.41, 5.74) is -0.0638. The molecule has 1 saturated carbocycles. The van der Waals surface area contributed by atoms with E-state index in [9.17, 15) is 10.1 Å². The lowest BCUT2D eigenvalue weighted by Gasteiger charge is -2.18. The molecule has 7 heteroatoms. The molecule has 1 aromatic rings. The Morgan fingerprint density at radius 2 is 2.30 bits per heavy atom. The molecule has 1 aliphatic carbocycles. The molecule has 20 heavy (non-hydrogen) atoms. The number of nitrogens with one attached hydrogen (secondary N) is 2. The predicted octanol–water partition coefficient (Wildman–Crippen LogP) is 2.81. The van der Waals surface area contributed by atoms with E-state index in [0.717, 1.165) is 32.2 Å². The molecule has 0 radical (unpaired) electrons. The lowest BCUT2D eigenvalue weighted by molar-refractivity contribution is -0.384. The van der Waals surface area contributed by atoms with Crippen LogP contribution in [0.5, 0.6) is 0 Å². The van der Waals surface area contributed by atoms with Crippen LogP contribution in [0.4, 0.5) is 17.5 Å². The molecular weight excluding hydrogens is 258 g/mol. The molecule has 1 aromatic heterocycles. The van der Waals surface area contributed by atoms with Crippen LogP contribution in [0, 0.1) is 16.0 Å². The van der Waals surface area contributed by atoms with Crippen molar-refractivity contribution in [3.63, 3.8) is 0 Å². The van der Waals surface area contributed by atoms with Crippen molar-refractivity contribution in [3.8, 4) is 0 Å². The SMILES string of the molecule is CCCNc1ncc([N+](=O)[O-])c(NC2CCCC2C)n1. The summed E-state index contributed by atoms with van der Waals surface area (Å²) in [6.07, 6.45) is 5.55. The van der Waals surface area contributed by atoms with Crippen LogP contribution >= 0.6 is 0 Å². The first-order valence-corrected chi connectivity index (χ1v) is 7.13. The molecule has 0 aliphatic heterocycles. The summed E-state index contributed by atoms with van der Waals surface area (Å²) < 4.78 is 0. The Kier molecular flexibility index (Phi) is 4.70. The number of nitrogens with zero attached hydrogens (tertiary/aromatic N) is 3. The molecule has 0 aromatic carbocycles. The molecule has 2 atom stereocenters. The van der Waals surface area contributed by atoms with Crippen molar-refractivity contribution in [1.82, 2.24) is 9.97 Å². The number of anilines is 2. The molecule has 1 aliphatic rings. The van der Waals surface area contributed by atoms with E-state index in [0.29, 0.717) is 17.7 Å². The number of hydrogen-bond acceptors (Lipinski definition) is 6. The van der Waals surface area contributed by atoms with E-state index in [1.807, 2.05) is 6.92 Å². The van der Waals surface area contributed by atoms with Gasteiger partial charge in [0.05, 0.1) is 4.92 Å². The van der Waals surface area contributed by atoms with Crippen molar-refractivity contribution in [1.29, 1.82) is 0 Å². The fourth-order valence-corrected chi connectivity index (χ4v) is 2.47. The fourth-order valence-electron chi connectivity index (χ4n) is 2.47. The summed E-state index contributed by atoms with van der Waals surface area (Å²) in [5, 5.41) is 17.3. The van der Waals surface area contributed by atoms with E-state index in [-0.39, 0.29) is 11.7 Å². The minimum atomic E-state index is -0.439. The van der Waals surface area contributed by atoms with Gasteiger partial charge in [-0.1, -0.05) is 20.3 Å². The summed E-state index contributed by atoms with van der Waals surface area (Å²) in [4.78, 5) is 18.9. The minimum absolute atomic E-state index is 0.0638. The van der Waals surface area contributed by atoms with E-state index in [2.05, 4.69) is 27.5 Å². The minimum Gasteiger partial charge on any atom is -0.361 e. The van der Waals surface area contributed by atoms with Crippen LogP contribution in [0.2, 0.25) is 0 Å². The molecule has 1 fully saturated rings. The zero-order valence-corrected chi connectivity index (χ0v) is 11.9. The molecule has 0 amide bonds. The van der Waals surface area contributed by atoms with Gasteiger partial charge in [-0.05, 0) is 25.2 Å². The molecule has 0 spiro atoms. The maximum absolute atomic E-state index is 11.1. The Hall–Kier alpha value is -1.92. The van der Waals surface area contributed by atoms with Gasteiger partial charge in [0.1, 0.15) is 6.20 Å². The summed E-state index contributed by atoms with van der Waals surface area (Å²) in [6, 6.07) is 0.252. The number of rotatable bonds is 6. The Bertz CT molecular complexity index is 480. The average molecular weight is 279 g/mol. The van der Waals surface area contributed by atoms with Crippen LogP contribution in [-0.4, -0.2) is 27.5 Å². The van der Waals surface area contributed by atoms with Crippen molar-refractivity contribution >= 4 is 17.5 Å². The van der Waals surface area contributed by atoms with Gasteiger partial charge in [-0.3, -0.25) is 10.1 Å². The first-order valence-electron chi connectivity index (χ1n) is 7.13. The quantitative estimate of drug-likeness (QED) is 0.614. The van der Waals surface area contributed by atoms with Crippen LogP contribution in [0.3, 0.4) is 0 Å². The second kappa shape index (κ2) is 6.49. The van der Waals surface area contributed by atoms with Crippen LogP contribution in [0.1, 0.15) is 39.5 Å². The zero-order valence-electron chi connectivity index (χ0n) is 11.9. The van der Waals surface area contributed by atoms with E-state index in [4.69, 9.17) is 0 Å². The molecule has 0 saturated heterocycles. The topological polar surface area (TPSA) is 93.0 Å². The smallest absolute Gasteiger partial charge is 0.329 e. The Morgan fingerprint density at radius 3 is 2.90 bits per heavy atom. The van der Waals surface area contributed by atoms with Crippen molar-refractivity contribution < 1.29 is 4.92 Å². The van der Waals surface area contributed by atoms with Gasteiger partial charge >= 0.3 is 5.69 Å².